The van der Waals surface area contributed by atoms with Crippen molar-refractivity contribution in [3.8, 4) is 5.75 Å². The molecule has 1 fully saturated rings. The van der Waals surface area contributed by atoms with Crippen molar-refractivity contribution in [1.29, 1.82) is 0 Å². The van der Waals surface area contributed by atoms with E-state index in [0.717, 1.165) is 25.0 Å². The van der Waals surface area contributed by atoms with Gasteiger partial charge >= 0.3 is 0 Å². The lowest BCUT2D eigenvalue weighted by atomic mass is 10.0. The minimum Gasteiger partial charge on any atom is -0.497 e. The predicted octanol–water partition coefficient (Wildman–Crippen LogP) is 2.43. The van der Waals surface area contributed by atoms with Crippen LogP contribution >= 0.6 is 0 Å². The molecule has 4 heteroatoms. The van der Waals surface area contributed by atoms with E-state index in [-0.39, 0.29) is 17.7 Å². The van der Waals surface area contributed by atoms with E-state index >= 15 is 0 Å². The Morgan fingerprint density at radius 2 is 1.88 bits per heavy atom. The molecular formula is C12H14F2O2. The van der Waals surface area contributed by atoms with Crippen LogP contribution in [0.15, 0.2) is 12.1 Å². The molecular weight excluding hydrogens is 214 g/mol. The summed E-state index contributed by atoms with van der Waals surface area (Å²) in [6.07, 6.45) is 2.09. The maximum absolute atomic E-state index is 13.5. The lowest BCUT2D eigenvalue weighted by Gasteiger charge is -2.10. The van der Waals surface area contributed by atoms with E-state index in [9.17, 15) is 13.9 Å². The zero-order valence-electron chi connectivity index (χ0n) is 9.09. The Balaban J connectivity index is 2.13. The van der Waals surface area contributed by atoms with E-state index in [0.29, 0.717) is 6.42 Å². The van der Waals surface area contributed by atoms with E-state index in [1.807, 2.05) is 0 Å². The van der Waals surface area contributed by atoms with E-state index in [4.69, 9.17) is 4.74 Å². The van der Waals surface area contributed by atoms with Gasteiger partial charge in [0.05, 0.1) is 12.7 Å². The molecule has 16 heavy (non-hydrogen) atoms. The number of hydrogen-bond donors (Lipinski definition) is 1. The number of hydrogen-bond acceptors (Lipinski definition) is 2. The summed E-state index contributed by atoms with van der Waals surface area (Å²) in [6, 6.07) is 2.32. The summed E-state index contributed by atoms with van der Waals surface area (Å²) < 4.78 is 31.7. The number of aliphatic hydroxyl groups is 1. The molecule has 0 radical (unpaired) electrons. The first-order chi connectivity index (χ1) is 7.54. The molecule has 0 spiro atoms. The van der Waals surface area contributed by atoms with Crippen LogP contribution in [0.2, 0.25) is 0 Å². The topological polar surface area (TPSA) is 29.5 Å². The zero-order valence-corrected chi connectivity index (χ0v) is 9.09. The fourth-order valence-corrected chi connectivity index (χ4v) is 1.69. The van der Waals surface area contributed by atoms with Crippen molar-refractivity contribution in [2.24, 2.45) is 0 Å². The molecule has 1 N–H and O–H groups in total. The van der Waals surface area contributed by atoms with Crippen LogP contribution in [0.1, 0.15) is 24.8 Å². The molecule has 1 aromatic rings. The average Bonchev–Trinajstić information content (AvgIpc) is 2.95. The SMILES string of the molecule is COc1cc(F)c(CCC2(O)CC2)c(F)c1. The Morgan fingerprint density at radius 3 is 2.31 bits per heavy atom. The number of rotatable bonds is 4. The highest BCUT2D eigenvalue weighted by molar-refractivity contribution is 5.30. The Bertz CT molecular complexity index is 377. The van der Waals surface area contributed by atoms with Gasteiger partial charge in [-0.15, -0.1) is 0 Å². The lowest BCUT2D eigenvalue weighted by molar-refractivity contribution is 0.140. The van der Waals surface area contributed by atoms with Crippen molar-refractivity contribution in [2.45, 2.75) is 31.3 Å². The quantitative estimate of drug-likeness (QED) is 0.857. The molecule has 0 atom stereocenters. The van der Waals surface area contributed by atoms with E-state index < -0.39 is 17.2 Å². The summed E-state index contributed by atoms with van der Waals surface area (Å²) in [5.74, 6) is -1.05. The van der Waals surface area contributed by atoms with Gasteiger partial charge in [-0.1, -0.05) is 0 Å². The van der Waals surface area contributed by atoms with Crippen molar-refractivity contribution in [2.75, 3.05) is 7.11 Å². The van der Waals surface area contributed by atoms with Crippen molar-refractivity contribution >= 4 is 0 Å². The molecule has 0 unspecified atom stereocenters. The minimum atomic E-state index is -0.682. The van der Waals surface area contributed by atoms with Crippen LogP contribution in [-0.4, -0.2) is 17.8 Å². The molecule has 0 saturated heterocycles. The molecule has 1 saturated carbocycles. The van der Waals surface area contributed by atoms with Gasteiger partial charge in [-0.3, -0.25) is 0 Å². The number of methoxy groups -OCH3 is 1. The highest BCUT2D eigenvalue weighted by atomic mass is 19.1. The van der Waals surface area contributed by atoms with Crippen molar-refractivity contribution in [3.63, 3.8) is 0 Å². The minimum absolute atomic E-state index is 0.0288. The van der Waals surface area contributed by atoms with Gasteiger partial charge < -0.3 is 9.84 Å². The first-order valence-corrected chi connectivity index (χ1v) is 5.28. The zero-order chi connectivity index (χ0) is 11.8. The summed E-state index contributed by atoms with van der Waals surface area (Å²) in [5, 5.41) is 9.60. The largest absolute Gasteiger partial charge is 0.497 e. The van der Waals surface area contributed by atoms with Crippen molar-refractivity contribution < 1.29 is 18.6 Å². The summed E-state index contributed by atoms with van der Waals surface area (Å²) >= 11 is 0. The number of ether oxygens (including phenoxy) is 1. The van der Waals surface area contributed by atoms with Gasteiger partial charge in [0.2, 0.25) is 0 Å². The molecule has 1 aliphatic rings. The Morgan fingerprint density at radius 1 is 1.31 bits per heavy atom. The fourth-order valence-electron chi connectivity index (χ4n) is 1.69. The summed E-state index contributed by atoms with van der Waals surface area (Å²) in [4.78, 5) is 0. The van der Waals surface area contributed by atoms with Crippen LogP contribution in [0.5, 0.6) is 5.75 Å². The van der Waals surface area contributed by atoms with Crippen LogP contribution in [0, 0.1) is 11.6 Å². The second-order valence-corrected chi connectivity index (χ2v) is 4.29. The van der Waals surface area contributed by atoms with Gasteiger partial charge in [0.1, 0.15) is 17.4 Å². The van der Waals surface area contributed by atoms with E-state index in [1.54, 1.807) is 0 Å². The third-order valence-corrected chi connectivity index (χ3v) is 3.02. The molecule has 2 nitrogen and oxygen atoms in total. The monoisotopic (exact) mass is 228 g/mol. The van der Waals surface area contributed by atoms with Gasteiger partial charge in [-0.25, -0.2) is 8.78 Å². The number of halogens is 2. The van der Waals surface area contributed by atoms with Crippen molar-refractivity contribution in [3.05, 3.63) is 29.3 Å². The molecule has 0 aromatic heterocycles. The smallest absolute Gasteiger partial charge is 0.133 e. The fraction of sp³-hybridized carbons (Fsp3) is 0.500. The first kappa shape index (κ1) is 11.3. The molecule has 1 aromatic carbocycles. The van der Waals surface area contributed by atoms with Crippen molar-refractivity contribution in [1.82, 2.24) is 0 Å². The molecule has 88 valence electrons. The van der Waals surface area contributed by atoms with E-state index in [2.05, 4.69) is 0 Å². The Labute approximate surface area is 92.9 Å². The summed E-state index contributed by atoms with van der Waals surface area (Å²) in [7, 11) is 1.36. The maximum Gasteiger partial charge on any atom is 0.133 e. The third kappa shape index (κ3) is 2.32. The van der Waals surface area contributed by atoms with Crippen LogP contribution in [-0.2, 0) is 6.42 Å². The molecule has 0 heterocycles. The normalized spacial score (nSPS) is 17.2. The van der Waals surface area contributed by atoms with Gasteiger partial charge in [0.25, 0.3) is 0 Å². The lowest BCUT2D eigenvalue weighted by Crippen LogP contribution is -2.09. The molecule has 0 bridgehead atoms. The van der Waals surface area contributed by atoms with Gasteiger partial charge in [0.15, 0.2) is 0 Å². The van der Waals surface area contributed by atoms with Crippen LogP contribution in [0.3, 0.4) is 0 Å². The average molecular weight is 228 g/mol. The van der Waals surface area contributed by atoms with Crippen LogP contribution in [0.4, 0.5) is 8.78 Å². The Hall–Kier alpha value is -1.16. The maximum atomic E-state index is 13.5. The standard InChI is InChI=1S/C12H14F2O2/c1-16-8-6-10(13)9(11(14)7-8)2-3-12(15)4-5-12/h6-7,15H,2-5H2,1H3. The summed E-state index contributed by atoms with van der Waals surface area (Å²) in [5.41, 5.74) is -0.653. The van der Waals surface area contributed by atoms with Gasteiger partial charge in [-0.2, -0.15) is 0 Å². The van der Waals surface area contributed by atoms with Gasteiger partial charge in [0, 0.05) is 17.7 Å². The number of benzene rings is 1. The highest BCUT2D eigenvalue weighted by Gasteiger charge is 2.39. The Kier molecular flexibility index (Phi) is 2.84. The van der Waals surface area contributed by atoms with Crippen LogP contribution < -0.4 is 4.74 Å². The molecule has 1 aliphatic carbocycles. The predicted molar refractivity (Wildman–Crippen MR) is 55.4 cm³/mol. The first-order valence-electron chi connectivity index (χ1n) is 5.28. The summed E-state index contributed by atoms with van der Waals surface area (Å²) in [6.45, 7) is 0. The second kappa shape index (κ2) is 4.01. The highest BCUT2D eigenvalue weighted by Crippen LogP contribution is 2.39. The molecule has 0 aliphatic heterocycles. The van der Waals surface area contributed by atoms with Crippen LogP contribution in [0.25, 0.3) is 0 Å². The van der Waals surface area contributed by atoms with E-state index in [1.165, 1.54) is 7.11 Å². The second-order valence-electron chi connectivity index (χ2n) is 4.29. The molecule has 2 rings (SSSR count). The molecule has 0 amide bonds. The third-order valence-electron chi connectivity index (χ3n) is 3.02. The van der Waals surface area contributed by atoms with Gasteiger partial charge in [-0.05, 0) is 25.7 Å².